The fraction of sp³-hybridized carbons (Fsp3) is 0.214. The van der Waals surface area contributed by atoms with E-state index in [0.29, 0.717) is 6.54 Å². The molecule has 196 valence electrons. The zero-order valence-electron chi connectivity index (χ0n) is 20.8. The average Bonchev–Trinajstić information content (AvgIpc) is 3.65. The Bertz CT molecular complexity index is 1840. The smallest absolute Gasteiger partial charge is 0.142 e. The number of fused-ring (bicyclic) bond motifs is 6. The van der Waals surface area contributed by atoms with E-state index in [-0.39, 0.29) is 19.0 Å². The van der Waals surface area contributed by atoms with Crippen LogP contribution in [0.3, 0.4) is 0 Å². The molecule has 0 spiro atoms. The van der Waals surface area contributed by atoms with Crippen LogP contribution in [0, 0.1) is 5.82 Å². The second-order valence-corrected chi connectivity index (χ2v) is 10.6. The van der Waals surface area contributed by atoms with Gasteiger partial charge in [-0.3, -0.25) is 9.36 Å². The highest BCUT2D eigenvalue weighted by Gasteiger charge is 2.28. The van der Waals surface area contributed by atoms with Crippen LogP contribution in [-0.4, -0.2) is 53.0 Å². The Kier molecular flexibility index (Phi) is 5.84. The third-order valence-electron chi connectivity index (χ3n) is 7.24. The number of aliphatic hydroxyl groups excluding tert-OH is 2. The number of aryl methyl sites for hydroxylation is 1. The topological polar surface area (TPSA) is 114 Å². The minimum atomic E-state index is -0.449. The van der Waals surface area contributed by atoms with Gasteiger partial charge in [-0.05, 0) is 54.3 Å². The van der Waals surface area contributed by atoms with Crippen LogP contribution in [0.4, 0.5) is 15.9 Å². The van der Waals surface area contributed by atoms with E-state index in [4.69, 9.17) is 0 Å². The fourth-order valence-corrected chi connectivity index (χ4v) is 6.60. The number of halogens is 1. The highest BCUT2D eigenvalue weighted by Crippen LogP contribution is 2.45. The average molecular weight is 542 g/mol. The molecule has 0 bridgehead atoms. The number of benzene rings is 2. The minimum absolute atomic E-state index is 0.169. The van der Waals surface area contributed by atoms with E-state index in [1.54, 1.807) is 28.4 Å². The summed E-state index contributed by atoms with van der Waals surface area (Å²) in [6, 6.07) is 12.1. The molecule has 2 aromatic carbocycles. The largest absolute Gasteiger partial charge is 0.394 e. The van der Waals surface area contributed by atoms with Gasteiger partial charge in [-0.15, -0.1) is 11.3 Å². The molecule has 4 aromatic heterocycles. The Morgan fingerprint density at radius 3 is 2.77 bits per heavy atom. The molecule has 11 heteroatoms. The van der Waals surface area contributed by atoms with Crippen molar-refractivity contribution in [2.75, 3.05) is 18.5 Å². The van der Waals surface area contributed by atoms with Gasteiger partial charge in [-0.25, -0.2) is 14.4 Å². The SMILES string of the molecule is OCC(CO)n1ncc2c1CCc1c-2sc2ncnc(Nc3ccc4c(cnn4Cc4cccc(F)c4)c3)c12. The molecule has 39 heavy (non-hydrogen) atoms. The van der Waals surface area contributed by atoms with Gasteiger partial charge in [-0.2, -0.15) is 10.2 Å². The van der Waals surface area contributed by atoms with E-state index >= 15 is 0 Å². The molecule has 0 saturated heterocycles. The van der Waals surface area contributed by atoms with Gasteiger partial charge >= 0.3 is 0 Å². The number of thiophene rings is 1. The number of hydrogen-bond acceptors (Lipinski definition) is 8. The molecule has 0 radical (unpaired) electrons. The van der Waals surface area contributed by atoms with Crippen molar-refractivity contribution >= 4 is 44.0 Å². The van der Waals surface area contributed by atoms with Gasteiger partial charge in [0.15, 0.2) is 0 Å². The fourth-order valence-electron chi connectivity index (χ4n) is 5.37. The quantitative estimate of drug-likeness (QED) is 0.273. The molecule has 0 unspecified atom stereocenters. The number of rotatable bonds is 7. The van der Waals surface area contributed by atoms with Gasteiger partial charge in [0.05, 0.1) is 49.1 Å². The molecule has 4 heterocycles. The van der Waals surface area contributed by atoms with Gasteiger partial charge in [0.1, 0.15) is 22.8 Å². The number of aliphatic hydroxyl groups is 2. The molecule has 0 atom stereocenters. The first-order chi connectivity index (χ1) is 19.1. The predicted molar refractivity (Wildman–Crippen MR) is 148 cm³/mol. The number of anilines is 2. The number of aromatic nitrogens is 6. The molecular weight excluding hydrogens is 517 g/mol. The van der Waals surface area contributed by atoms with E-state index in [0.717, 1.165) is 67.2 Å². The summed E-state index contributed by atoms with van der Waals surface area (Å²) in [5, 5.41) is 33.8. The van der Waals surface area contributed by atoms with Crippen LogP contribution in [0.5, 0.6) is 0 Å². The molecule has 0 aliphatic heterocycles. The van der Waals surface area contributed by atoms with Crippen molar-refractivity contribution in [1.82, 2.24) is 29.5 Å². The molecule has 1 aliphatic carbocycles. The standard InChI is InChI=1S/C28H24FN7O2S/c29-18-3-1-2-16(8-18)12-35-23-6-4-19(9-17(23)10-32-35)34-27-25-21-5-7-24-22(11-33-36(24)20(13-37)14-38)26(21)39-28(25)31-15-30-27/h1-4,6,8-11,15,20,37-38H,5,7,12-14H2,(H,30,31,34). The van der Waals surface area contributed by atoms with Crippen LogP contribution in [0.1, 0.15) is 22.9 Å². The van der Waals surface area contributed by atoms with Crippen LogP contribution in [-0.2, 0) is 19.4 Å². The summed E-state index contributed by atoms with van der Waals surface area (Å²) in [6.07, 6.45) is 6.73. The van der Waals surface area contributed by atoms with Crippen molar-refractivity contribution in [2.24, 2.45) is 0 Å². The van der Waals surface area contributed by atoms with Crippen LogP contribution < -0.4 is 5.32 Å². The molecule has 9 nitrogen and oxygen atoms in total. The molecule has 0 amide bonds. The first-order valence-electron chi connectivity index (χ1n) is 12.6. The van der Waals surface area contributed by atoms with E-state index in [1.165, 1.54) is 17.7 Å². The highest BCUT2D eigenvalue weighted by molar-refractivity contribution is 7.22. The van der Waals surface area contributed by atoms with Gasteiger partial charge in [0.25, 0.3) is 0 Å². The summed E-state index contributed by atoms with van der Waals surface area (Å²) in [4.78, 5) is 11.1. The number of hydrogen-bond donors (Lipinski definition) is 3. The summed E-state index contributed by atoms with van der Waals surface area (Å²) >= 11 is 1.61. The zero-order valence-corrected chi connectivity index (χ0v) is 21.6. The first kappa shape index (κ1) is 23.9. The Hall–Kier alpha value is -4.19. The summed E-state index contributed by atoms with van der Waals surface area (Å²) in [6.45, 7) is 0.145. The lowest BCUT2D eigenvalue weighted by Crippen LogP contribution is -2.21. The number of nitrogens with zero attached hydrogens (tertiary/aromatic N) is 6. The van der Waals surface area contributed by atoms with Crippen molar-refractivity contribution < 1.29 is 14.6 Å². The lowest BCUT2D eigenvalue weighted by Gasteiger charge is -2.19. The highest BCUT2D eigenvalue weighted by atomic mass is 32.1. The third-order valence-corrected chi connectivity index (χ3v) is 8.41. The summed E-state index contributed by atoms with van der Waals surface area (Å²) in [5.74, 6) is 0.482. The van der Waals surface area contributed by atoms with Crippen molar-refractivity contribution in [3.63, 3.8) is 0 Å². The Labute approximate surface area is 226 Å². The van der Waals surface area contributed by atoms with Crippen LogP contribution in [0.15, 0.2) is 61.2 Å². The molecule has 6 aromatic rings. The van der Waals surface area contributed by atoms with E-state index in [1.807, 2.05) is 41.3 Å². The maximum absolute atomic E-state index is 13.6. The molecule has 1 aliphatic rings. The maximum atomic E-state index is 13.6. The van der Waals surface area contributed by atoms with E-state index < -0.39 is 6.04 Å². The summed E-state index contributed by atoms with van der Waals surface area (Å²) < 4.78 is 17.2. The molecule has 7 rings (SSSR count). The van der Waals surface area contributed by atoms with Gasteiger partial charge < -0.3 is 15.5 Å². The number of nitrogens with one attached hydrogen (secondary N) is 1. The van der Waals surface area contributed by atoms with E-state index in [9.17, 15) is 14.6 Å². The van der Waals surface area contributed by atoms with Crippen molar-refractivity contribution in [1.29, 1.82) is 0 Å². The first-order valence-corrected chi connectivity index (χ1v) is 13.5. The molecule has 0 saturated carbocycles. The Balaban J connectivity index is 1.22. The predicted octanol–water partition coefficient (Wildman–Crippen LogP) is 4.46. The Morgan fingerprint density at radius 1 is 1.03 bits per heavy atom. The van der Waals surface area contributed by atoms with Crippen molar-refractivity contribution in [3.8, 4) is 10.4 Å². The van der Waals surface area contributed by atoms with Crippen molar-refractivity contribution in [3.05, 3.63) is 83.8 Å². The lowest BCUT2D eigenvalue weighted by atomic mass is 9.95. The zero-order chi connectivity index (χ0) is 26.5. The monoisotopic (exact) mass is 541 g/mol. The maximum Gasteiger partial charge on any atom is 0.142 e. The van der Waals surface area contributed by atoms with E-state index in [2.05, 4.69) is 25.5 Å². The van der Waals surface area contributed by atoms with Gasteiger partial charge in [0, 0.05) is 27.2 Å². The molecule has 3 N–H and O–H groups in total. The minimum Gasteiger partial charge on any atom is -0.394 e. The van der Waals surface area contributed by atoms with Crippen LogP contribution in [0.2, 0.25) is 0 Å². The van der Waals surface area contributed by atoms with Gasteiger partial charge in [-0.1, -0.05) is 12.1 Å². The normalized spacial score (nSPS) is 12.8. The lowest BCUT2D eigenvalue weighted by molar-refractivity contribution is 0.144. The molecule has 0 fully saturated rings. The third kappa shape index (κ3) is 4.06. The van der Waals surface area contributed by atoms with Crippen molar-refractivity contribution in [2.45, 2.75) is 25.4 Å². The summed E-state index contributed by atoms with van der Waals surface area (Å²) in [5.41, 5.74) is 5.91. The van der Waals surface area contributed by atoms with Crippen LogP contribution >= 0.6 is 11.3 Å². The van der Waals surface area contributed by atoms with Gasteiger partial charge in [0.2, 0.25) is 0 Å². The second-order valence-electron chi connectivity index (χ2n) is 9.61. The van der Waals surface area contributed by atoms with Crippen LogP contribution in [0.25, 0.3) is 31.6 Å². The second kappa shape index (κ2) is 9.53. The Morgan fingerprint density at radius 2 is 1.92 bits per heavy atom. The summed E-state index contributed by atoms with van der Waals surface area (Å²) in [7, 11) is 0. The molecular formula is C28H24FN7O2S.